The van der Waals surface area contributed by atoms with Gasteiger partial charge in [0.1, 0.15) is 6.61 Å². The molecule has 0 bridgehead atoms. The summed E-state index contributed by atoms with van der Waals surface area (Å²) in [4.78, 5) is 14.9. The number of ether oxygens (including phenoxy) is 1. The van der Waals surface area contributed by atoms with Crippen LogP contribution in [-0.2, 0) is 4.74 Å². The predicted molar refractivity (Wildman–Crippen MR) is 84.8 cm³/mol. The van der Waals surface area contributed by atoms with Crippen molar-refractivity contribution in [2.75, 3.05) is 6.61 Å². The number of aromatic nitrogens is 1. The SMILES string of the molecule is O=C(OCC1c2ccccc2-c2ccccc21)c1cc[nH]c1. The lowest BCUT2D eigenvalue weighted by molar-refractivity contribution is 0.0494. The Morgan fingerprint density at radius 3 is 2.18 bits per heavy atom. The maximum atomic E-state index is 12.0. The van der Waals surface area contributed by atoms with Crippen molar-refractivity contribution < 1.29 is 9.53 Å². The van der Waals surface area contributed by atoms with Crippen molar-refractivity contribution in [2.24, 2.45) is 0 Å². The fourth-order valence-electron chi connectivity index (χ4n) is 3.13. The van der Waals surface area contributed by atoms with Gasteiger partial charge in [-0.15, -0.1) is 0 Å². The molecule has 0 saturated carbocycles. The van der Waals surface area contributed by atoms with E-state index in [2.05, 4.69) is 29.2 Å². The number of carbonyl (C=O) groups excluding carboxylic acids is 1. The average Bonchev–Trinajstić information content (AvgIpc) is 3.20. The molecule has 4 rings (SSSR count). The molecule has 0 atom stereocenters. The van der Waals surface area contributed by atoms with Crippen LogP contribution in [0.2, 0.25) is 0 Å². The van der Waals surface area contributed by atoms with E-state index in [0.717, 1.165) is 0 Å². The number of hydrogen-bond acceptors (Lipinski definition) is 2. The summed E-state index contributed by atoms with van der Waals surface area (Å²) in [6.45, 7) is 0.359. The lowest BCUT2D eigenvalue weighted by Gasteiger charge is -2.13. The van der Waals surface area contributed by atoms with Crippen LogP contribution in [0.4, 0.5) is 0 Å². The van der Waals surface area contributed by atoms with E-state index in [4.69, 9.17) is 4.74 Å². The summed E-state index contributed by atoms with van der Waals surface area (Å²) in [5, 5.41) is 0. The number of rotatable bonds is 3. The van der Waals surface area contributed by atoms with Crippen LogP contribution in [0.5, 0.6) is 0 Å². The van der Waals surface area contributed by atoms with Crippen LogP contribution in [-0.4, -0.2) is 17.6 Å². The Morgan fingerprint density at radius 1 is 0.955 bits per heavy atom. The molecule has 1 aromatic heterocycles. The molecule has 1 aliphatic rings. The largest absolute Gasteiger partial charge is 0.461 e. The molecule has 108 valence electrons. The van der Waals surface area contributed by atoms with Gasteiger partial charge in [0.2, 0.25) is 0 Å². The van der Waals surface area contributed by atoms with Gasteiger partial charge in [-0.25, -0.2) is 4.79 Å². The summed E-state index contributed by atoms with van der Waals surface area (Å²) in [7, 11) is 0. The summed E-state index contributed by atoms with van der Waals surface area (Å²) in [5.74, 6) is -0.182. The number of carbonyl (C=O) groups is 1. The standard InChI is InChI=1S/C19H15NO2/c21-19(13-9-10-20-11-13)22-12-18-16-7-3-1-5-14(16)15-6-2-4-8-17(15)18/h1-11,18,20H,12H2. The zero-order valence-corrected chi connectivity index (χ0v) is 12.0. The van der Waals surface area contributed by atoms with Crippen LogP contribution < -0.4 is 0 Å². The van der Waals surface area contributed by atoms with Crippen LogP contribution in [0.3, 0.4) is 0 Å². The molecule has 0 radical (unpaired) electrons. The van der Waals surface area contributed by atoms with Crippen LogP contribution >= 0.6 is 0 Å². The first-order chi connectivity index (χ1) is 10.8. The highest BCUT2D eigenvalue weighted by Gasteiger charge is 2.29. The van der Waals surface area contributed by atoms with Crippen molar-refractivity contribution in [1.82, 2.24) is 4.98 Å². The topological polar surface area (TPSA) is 42.1 Å². The minimum absolute atomic E-state index is 0.107. The first-order valence-electron chi connectivity index (χ1n) is 7.33. The molecule has 3 heteroatoms. The molecular weight excluding hydrogens is 274 g/mol. The van der Waals surface area contributed by atoms with Gasteiger partial charge in [0.25, 0.3) is 0 Å². The van der Waals surface area contributed by atoms with E-state index in [0.29, 0.717) is 12.2 Å². The third-order valence-corrected chi connectivity index (χ3v) is 4.18. The van der Waals surface area contributed by atoms with E-state index < -0.39 is 0 Å². The zero-order chi connectivity index (χ0) is 14.9. The van der Waals surface area contributed by atoms with Gasteiger partial charge in [0.15, 0.2) is 0 Å². The molecule has 3 aromatic rings. The Kier molecular flexibility index (Phi) is 3.04. The smallest absolute Gasteiger partial charge is 0.339 e. The number of fused-ring (bicyclic) bond motifs is 3. The highest BCUT2D eigenvalue weighted by molar-refractivity contribution is 5.89. The first-order valence-corrected chi connectivity index (χ1v) is 7.33. The lowest BCUT2D eigenvalue weighted by atomic mass is 9.98. The lowest BCUT2D eigenvalue weighted by Crippen LogP contribution is -2.12. The second-order valence-corrected chi connectivity index (χ2v) is 5.43. The van der Waals surface area contributed by atoms with Gasteiger partial charge in [-0.3, -0.25) is 0 Å². The number of aromatic amines is 1. The highest BCUT2D eigenvalue weighted by Crippen LogP contribution is 2.44. The molecule has 2 aromatic carbocycles. The molecular formula is C19H15NO2. The van der Waals surface area contributed by atoms with Crippen LogP contribution in [0, 0.1) is 0 Å². The molecule has 1 N–H and O–H groups in total. The second-order valence-electron chi connectivity index (χ2n) is 5.43. The van der Waals surface area contributed by atoms with Crippen LogP contribution in [0.1, 0.15) is 27.4 Å². The summed E-state index contributed by atoms with van der Waals surface area (Å²) in [6, 6.07) is 18.4. The maximum Gasteiger partial charge on any atom is 0.339 e. The minimum atomic E-state index is -0.289. The van der Waals surface area contributed by atoms with E-state index in [-0.39, 0.29) is 11.9 Å². The van der Waals surface area contributed by atoms with Gasteiger partial charge in [-0.05, 0) is 28.3 Å². The van der Waals surface area contributed by atoms with Gasteiger partial charge in [-0.2, -0.15) is 0 Å². The summed E-state index contributed by atoms with van der Waals surface area (Å²) in [5.41, 5.74) is 5.48. The molecule has 0 saturated heterocycles. The Hall–Kier alpha value is -2.81. The molecule has 0 fully saturated rings. The Labute approximate surface area is 128 Å². The predicted octanol–water partition coefficient (Wildman–Crippen LogP) is 3.98. The van der Waals surface area contributed by atoms with E-state index in [1.54, 1.807) is 18.5 Å². The fourth-order valence-corrected chi connectivity index (χ4v) is 3.13. The van der Waals surface area contributed by atoms with Crippen molar-refractivity contribution in [3.05, 3.63) is 83.7 Å². The second kappa shape index (κ2) is 5.19. The van der Waals surface area contributed by atoms with E-state index in [1.807, 2.05) is 24.3 Å². The van der Waals surface area contributed by atoms with Crippen molar-refractivity contribution in [2.45, 2.75) is 5.92 Å². The Morgan fingerprint density at radius 2 is 1.59 bits per heavy atom. The van der Waals surface area contributed by atoms with E-state index >= 15 is 0 Å². The monoisotopic (exact) mass is 289 g/mol. The van der Waals surface area contributed by atoms with Gasteiger partial charge in [0.05, 0.1) is 5.56 Å². The molecule has 22 heavy (non-hydrogen) atoms. The number of benzene rings is 2. The molecule has 1 aliphatic carbocycles. The number of H-pyrrole nitrogens is 1. The summed E-state index contributed by atoms with van der Waals surface area (Å²) in [6.07, 6.45) is 3.37. The summed E-state index contributed by atoms with van der Waals surface area (Å²) >= 11 is 0. The Bertz CT molecular complexity index is 775. The quantitative estimate of drug-likeness (QED) is 0.741. The molecule has 0 unspecified atom stereocenters. The number of nitrogens with one attached hydrogen (secondary N) is 1. The highest BCUT2D eigenvalue weighted by atomic mass is 16.5. The molecule has 1 heterocycles. The van der Waals surface area contributed by atoms with Gasteiger partial charge >= 0.3 is 5.97 Å². The normalized spacial score (nSPS) is 12.7. The van der Waals surface area contributed by atoms with Gasteiger partial charge in [0, 0.05) is 18.3 Å². The molecule has 0 aliphatic heterocycles. The average molecular weight is 289 g/mol. The third kappa shape index (κ3) is 2.02. The number of esters is 1. The van der Waals surface area contributed by atoms with Crippen LogP contribution in [0.25, 0.3) is 11.1 Å². The molecule has 3 nitrogen and oxygen atoms in total. The Balaban J connectivity index is 1.63. The summed E-state index contributed by atoms with van der Waals surface area (Å²) < 4.78 is 5.53. The van der Waals surface area contributed by atoms with E-state index in [1.165, 1.54) is 22.3 Å². The van der Waals surface area contributed by atoms with E-state index in [9.17, 15) is 4.79 Å². The maximum absolute atomic E-state index is 12.0. The van der Waals surface area contributed by atoms with Crippen molar-refractivity contribution in [1.29, 1.82) is 0 Å². The van der Waals surface area contributed by atoms with Crippen molar-refractivity contribution in [3.63, 3.8) is 0 Å². The third-order valence-electron chi connectivity index (χ3n) is 4.18. The molecule has 0 amide bonds. The molecule has 0 spiro atoms. The zero-order valence-electron chi connectivity index (χ0n) is 12.0. The van der Waals surface area contributed by atoms with Gasteiger partial charge < -0.3 is 9.72 Å². The fraction of sp³-hybridized carbons (Fsp3) is 0.105. The van der Waals surface area contributed by atoms with Crippen molar-refractivity contribution >= 4 is 5.97 Å². The number of hydrogen-bond donors (Lipinski definition) is 1. The first kappa shape index (κ1) is 12.9. The van der Waals surface area contributed by atoms with Crippen molar-refractivity contribution in [3.8, 4) is 11.1 Å². The van der Waals surface area contributed by atoms with Crippen LogP contribution in [0.15, 0.2) is 67.0 Å². The minimum Gasteiger partial charge on any atom is -0.461 e. The van der Waals surface area contributed by atoms with Gasteiger partial charge in [-0.1, -0.05) is 48.5 Å².